The Labute approximate surface area is 133 Å². The van der Waals surface area contributed by atoms with E-state index in [0.717, 1.165) is 45.7 Å². The van der Waals surface area contributed by atoms with Crippen LogP contribution in [0.5, 0.6) is 0 Å². The molecule has 0 aromatic rings. The topological polar surface area (TPSA) is 61.9 Å². The molecule has 22 heavy (non-hydrogen) atoms. The summed E-state index contributed by atoms with van der Waals surface area (Å²) in [6.45, 7) is 6.55. The first-order valence-electron chi connectivity index (χ1n) is 8.43. The number of amides is 2. The van der Waals surface area contributed by atoms with Gasteiger partial charge in [-0.15, -0.1) is 0 Å². The van der Waals surface area contributed by atoms with Crippen LogP contribution in [0.4, 0.5) is 0 Å². The quantitative estimate of drug-likeness (QED) is 0.808. The maximum Gasteiger partial charge on any atom is 0.222 e. The molecule has 1 N–H and O–H groups in total. The van der Waals surface area contributed by atoms with E-state index in [2.05, 4.69) is 17.1 Å². The summed E-state index contributed by atoms with van der Waals surface area (Å²) in [5.41, 5.74) is 0. The van der Waals surface area contributed by atoms with E-state index in [0.29, 0.717) is 25.3 Å². The summed E-state index contributed by atoms with van der Waals surface area (Å²) >= 11 is 0. The minimum atomic E-state index is 0.00480. The fourth-order valence-corrected chi connectivity index (χ4v) is 3.41. The fraction of sp³-hybridized carbons (Fsp3) is 0.875. The van der Waals surface area contributed by atoms with Gasteiger partial charge < -0.3 is 15.0 Å². The Balaban J connectivity index is 1.74. The Morgan fingerprint density at radius 1 is 1.18 bits per heavy atom. The van der Waals surface area contributed by atoms with Crippen molar-refractivity contribution in [1.82, 2.24) is 15.1 Å². The third-order valence-electron chi connectivity index (χ3n) is 4.76. The Hall–Kier alpha value is -1.14. The first kappa shape index (κ1) is 17.2. The van der Waals surface area contributed by atoms with E-state index < -0.39 is 0 Å². The Morgan fingerprint density at radius 3 is 2.55 bits per heavy atom. The highest BCUT2D eigenvalue weighted by atomic mass is 16.5. The molecule has 2 fully saturated rings. The zero-order valence-electron chi connectivity index (χ0n) is 13.8. The lowest BCUT2D eigenvalue weighted by atomic mass is 10.0. The van der Waals surface area contributed by atoms with Gasteiger partial charge in [-0.3, -0.25) is 14.5 Å². The molecule has 126 valence electrons. The van der Waals surface area contributed by atoms with Crippen LogP contribution in [0.2, 0.25) is 0 Å². The van der Waals surface area contributed by atoms with Gasteiger partial charge in [0.2, 0.25) is 11.8 Å². The van der Waals surface area contributed by atoms with Crippen molar-refractivity contribution in [2.24, 2.45) is 0 Å². The van der Waals surface area contributed by atoms with E-state index in [1.807, 2.05) is 4.90 Å². The zero-order chi connectivity index (χ0) is 15.9. The second kappa shape index (κ2) is 8.48. The third kappa shape index (κ3) is 4.68. The lowest BCUT2D eigenvalue weighted by molar-refractivity contribution is -0.136. The molecule has 2 aliphatic heterocycles. The average Bonchev–Trinajstić information content (AvgIpc) is 2.55. The number of hydrogen-bond donors (Lipinski definition) is 1. The molecular weight excluding hydrogens is 282 g/mol. The Morgan fingerprint density at radius 2 is 1.91 bits per heavy atom. The molecule has 1 atom stereocenters. The number of nitrogens with zero attached hydrogens (tertiary/aromatic N) is 2. The van der Waals surface area contributed by atoms with Crippen LogP contribution in [0.1, 0.15) is 39.0 Å². The minimum Gasteiger partial charge on any atom is -0.381 e. The monoisotopic (exact) mass is 311 g/mol. The van der Waals surface area contributed by atoms with E-state index in [1.54, 1.807) is 7.05 Å². The summed E-state index contributed by atoms with van der Waals surface area (Å²) in [6, 6.07) is 0.866. The highest BCUT2D eigenvalue weighted by Gasteiger charge is 2.31. The number of nitrogens with one attached hydrogen (secondary N) is 1. The van der Waals surface area contributed by atoms with Gasteiger partial charge in [-0.1, -0.05) is 0 Å². The predicted molar refractivity (Wildman–Crippen MR) is 84.5 cm³/mol. The SMILES string of the molecule is CNC(=O)CCCC(=O)N1CCN(C2CCOCC2)C[C@H]1C. The van der Waals surface area contributed by atoms with Crippen LogP contribution in [0, 0.1) is 0 Å². The molecule has 0 bridgehead atoms. The summed E-state index contributed by atoms with van der Waals surface area (Å²) in [5.74, 6) is 0.188. The van der Waals surface area contributed by atoms with Crippen LogP contribution in [0.25, 0.3) is 0 Å². The fourth-order valence-electron chi connectivity index (χ4n) is 3.41. The molecule has 0 saturated carbocycles. The molecule has 2 saturated heterocycles. The lowest BCUT2D eigenvalue weighted by Crippen LogP contribution is -2.57. The second-order valence-corrected chi connectivity index (χ2v) is 6.30. The van der Waals surface area contributed by atoms with Crippen LogP contribution < -0.4 is 5.32 Å². The molecule has 2 aliphatic rings. The van der Waals surface area contributed by atoms with Crippen LogP contribution in [0.3, 0.4) is 0 Å². The maximum atomic E-state index is 12.3. The Kier molecular flexibility index (Phi) is 6.64. The van der Waals surface area contributed by atoms with Gasteiger partial charge in [0.25, 0.3) is 0 Å². The highest BCUT2D eigenvalue weighted by Crippen LogP contribution is 2.20. The van der Waals surface area contributed by atoms with E-state index in [1.165, 1.54) is 0 Å². The summed E-state index contributed by atoms with van der Waals surface area (Å²) in [7, 11) is 1.63. The lowest BCUT2D eigenvalue weighted by Gasteiger charge is -2.44. The summed E-state index contributed by atoms with van der Waals surface area (Å²) in [4.78, 5) is 28.0. The number of carbonyl (C=O) groups is 2. The highest BCUT2D eigenvalue weighted by molar-refractivity contribution is 5.79. The summed E-state index contributed by atoms with van der Waals surface area (Å²) < 4.78 is 5.43. The average molecular weight is 311 g/mol. The van der Waals surface area contributed by atoms with Gasteiger partial charge in [0.05, 0.1) is 0 Å². The predicted octanol–water partition coefficient (Wildman–Crippen LogP) is 0.614. The van der Waals surface area contributed by atoms with Crippen LogP contribution in [-0.2, 0) is 14.3 Å². The summed E-state index contributed by atoms with van der Waals surface area (Å²) in [6.07, 6.45) is 3.73. The van der Waals surface area contributed by atoms with E-state index in [-0.39, 0.29) is 17.9 Å². The molecule has 0 spiro atoms. The van der Waals surface area contributed by atoms with Crippen molar-refractivity contribution in [3.63, 3.8) is 0 Å². The van der Waals surface area contributed by atoms with Crippen molar-refractivity contribution in [2.45, 2.75) is 51.1 Å². The summed E-state index contributed by atoms with van der Waals surface area (Å²) in [5, 5.41) is 2.59. The van der Waals surface area contributed by atoms with Crippen LogP contribution in [0.15, 0.2) is 0 Å². The first-order valence-corrected chi connectivity index (χ1v) is 8.43. The number of piperazine rings is 1. The number of carbonyl (C=O) groups excluding carboxylic acids is 2. The molecule has 0 radical (unpaired) electrons. The van der Waals surface area contributed by atoms with Crippen LogP contribution in [-0.4, -0.2) is 73.6 Å². The van der Waals surface area contributed by atoms with Crippen molar-refractivity contribution in [2.75, 3.05) is 39.9 Å². The van der Waals surface area contributed by atoms with E-state index in [4.69, 9.17) is 4.74 Å². The van der Waals surface area contributed by atoms with Crippen molar-refractivity contribution in [1.29, 1.82) is 0 Å². The maximum absolute atomic E-state index is 12.3. The van der Waals surface area contributed by atoms with E-state index in [9.17, 15) is 9.59 Å². The number of hydrogen-bond acceptors (Lipinski definition) is 4. The standard InChI is InChI=1S/C16H29N3O3/c1-13-12-18(14-6-10-22-11-7-14)8-9-19(13)16(21)5-3-4-15(20)17-2/h13-14H,3-12H2,1-2H3,(H,17,20)/t13-/m1/s1. The molecule has 0 unspecified atom stereocenters. The molecular formula is C16H29N3O3. The van der Waals surface area contributed by atoms with Gasteiger partial charge >= 0.3 is 0 Å². The van der Waals surface area contributed by atoms with Gasteiger partial charge in [-0.05, 0) is 26.2 Å². The Bertz CT molecular complexity index is 383. The zero-order valence-corrected chi connectivity index (χ0v) is 13.8. The van der Waals surface area contributed by atoms with Gasteiger partial charge in [-0.2, -0.15) is 0 Å². The molecule has 2 amide bonds. The van der Waals surface area contributed by atoms with Gasteiger partial charge in [0.1, 0.15) is 0 Å². The van der Waals surface area contributed by atoms with Gasteiger partial charge in [0, 0.05) is 64.8 Å². The smallest absolute Gasteiger partial charge is 0.222 e. The molecule has 6 heteroatoms. The van der Waals surface area contributed by atoms with Gasteiger partial charge in [0.15, 0.2) is 0 Å². The molecule has 2 rings (SSSR count). The van der Waals surface area contributed by atoms with E-state index >= 15 is 0 Å². The minimum absolute atomic E-state index is 0.00480. The molecule has 2 heterocycles. The van der Waals surface area contributed by atoms with Crippen molar-refractivity contribution >= 4 is 11.8 Å². The normalized spacial score (nSPS) is 24.3. The first-order chi connectivity index (χ1) is 10.6. The van der Waals surface area contributed by atoms with Crippen molar-refractivity contribution in [3.8, 4) is 0 Å². The van der Waals surface area contributed by atoms with Crippen molar-refractivity contribution < 1.29 is 14.3 Å². The number of ether oxygens (including phenoxy) is 1. The third-order valence-corrected chi connectivity index (χ3v) is 4.76. The van der Waals surface area contributed by atoms with Crippen molar-refractivity contribution in [3.05, 3.63) is 0 Å². The largest absolute Gasteiger partial charge is 0.381 e. The van der Waals surface area contributed by atoms with Crippen LogP contribution >= 0.6 is 0 Å². The second-order valence-electron chi connectivity index (χ2n) is 6.30. The molecule has 6 nitrogen and oxygen atoms in total. The molecule has 0 aromatic carbocycles. The molecule has 0 aromatic heterocycles. The molecule has 0 aliphatic carbocycles. The van der Waals surface area contributed by atoms with Gasteiger partial charge in [-0.25, -0.2) is 0 Å². The number of rotatable bonds is 5.